The van der Waals surface area contributed by atoms with Crippen molar-refractivity contribution in [2.24, 2.45) is 5.92 Å². The van der Waals surface area contributed by atoms with Crippen LogP contribution >= 0.6 is 11.3 Å². The zero-order valence-corrected chi connectivity index (χ0v) is 16.7. The third-order valence-corrected chi connectivity index (χ3v) is 6.15. The van der Waals surface area contributed by atoms with E-state index in [-0.39, 0.29) is 5.41 Å². The van der Waals surface area contributed by atoms with Gasteiger partial charge in [0.25, 0.3) is 0 Å². The SMILES string of the molecule is CC(C)(C)c1nnc2ccc(N3CC(CNc4nnc(C5CC5)s4)C3)nn12. The summed E-state index contributed by atoms with van der Waals surface area (Å²) in [6.45, 7) is 9.30. The minimum Gasteiger partial charge on any atom is -0.360 e. The summed E-state index contributed by atoms with van der Waals surface area (Å²) in [7, 11) is 0. The van der Waals surface area contributed by atoms with Crippen LogP contribution in [0, 0.1) is 5.92 Å². The summed E-state index contributed by atoms with van der Waals surface area (Å²) in [6.07, 6.45) is 2.54. The molecule has 1 saturated heterocycles. The Hall–Kier alpha value is -2.29. The van der Waals surface area contributed by atoms with E-state index in [2.05, 4.69) is 51.4 Å². The summed E-state index contributed by atoms with van der Waals surface area (Å²) in [6, 6.07) is 4.03. The molecular formula is C18H24N8S. The predicted molar refractivity (Wildman–Crippen MR) is 106 cm³/mol. The van der Waals surface area contributed by atoms with Crippen LogP contribution in [-0.2, 0) is 5.41 Å². The molecule has 4 heterocycles. The molecule has 3 aromatic rings. The van der Waals surface area contributed by atoms with Gasteiger partial charge in [-0.2, -0.15) is 4.52 Å². The highest BCUT2D eigenvalue weighted by molar-refractivity contribution is 7.15. The van der Waals surface area contributed by atoms with Crippen molar-refractivity contribution in [1.82, 2.24) is 30.0 Å². The molecule has 0 bridgehead atoms. The van der Waals surface area contributed by atoms with Crippen LogP contribution in [0.5, 0.6) is 0 Å². The van der Waals surface area contributed by atoms with Gasteiger partial charge in [-0.05, 0) is 25.0 Å². The third-order valence-electron chi connectivity index (χ3n) is 5.11. The van der Waals surface area contributed by atoms with Crippen LogP contribution in [0.25, 0.3) is 5.65 Å². The lowest BCUT2D eigenvalue weighted by molar-refractivity contribution is 0.424. The smallest absolute Gasteiger partial charge is 0.205 e. The van der Waals surface area contributed by atoms with Gasteiger partial charge in [-0.3, -0.25) is 0 Å². The van der Waals surface area contributed by atoms with E-state index in [1.165, 1.54) is 17.8 Å². The van der Waals surface area contributed by atoms with Gasteiger partial charge in [-0.25, -0.2) is 0 Å². The fraction of sp³-hybridized carbons (Fsp3) is 0.611. The van der Waals surface area contributed by atoms with Gasteiger partial charge in [0.05, 0.1) is 0 Å². The molecule has 9 heteroatoms. The maximum Gasteiger partial charge on any atom is 0.205 e. The number of nitrogens with one attached hydrogen (secondary N) is 1. The maximum atomic E-state index is 4.78. The second-order valence-corrected chi connectivity index (χ2v) is 9.62. The molecule has 1 aliphatic carbocycles. The molecule has 1 N–H and O–H groups in total. The summed E-state index contributed by atoms with van der Waals surface area (Å²) < 4.78 is 1.88. The van der Waals surface area contributed by atoms with Gasteiger partial charge in [0.2, 0.25) is 5.13 Å². The molecular weight excluding hydrogens is 360 g/mol. The topological polar surface area (TPSA) is 84.1 Å². The number of nitrogens with zero attached hydrogens (tertiary/aromatic N) is 7. The van der Waals surface area contributed by atoms with Crippen molar-refractivity contribution < 1.29 is 0 Å². The Kier molecular flexibility index (Phi) is 3.82. The van der Waals surface area contributed by atoms with E-state index in [4.69, 9.17) is 5.10 Å². The molecule has 0 atom stereocenters. The van der Waals surface area contributed by atoms with Gasteiger partial charge >= 0.3 is 0 Å². The molecule has 0 aromatic carbocycles. The second kappa shape index (κ2) is 6.12. The summed E-state index contributed by atoms with van der Waals surface area (Å²) in [5.74, 6) is 3.14. The zero-order valence-electron chi connectivity index (χ0n) is 15.9. The predicted octanol–water partition coefficient (Wildman–Crippen LogP) is 2.70. The van der Waals surface area contributed by atoms with Crippen molar-refractivity contribution in [3.05, 3.63) is 23.0 Å². The molecule has 3 aromatic heterocycles. The maximum absolute atomic E-state index is 4.78. The van der Waals surface area contributed by atoms with Crippen molar-refractivity contribution in [3.8, 4) is 0 Å². The van der Waals surface area contributed by atoms with Crippen molar-refractivity contribution in [2.75, 3.05) is 29.9 Å². The summed E-state index contributed by atoms with van der Waals surface area (Å²) in [4.78, 5) is 2.30. The molecule has 2 aliphatic rings. The number of hydrogen-bond acceptors (Lipinski definition) is 8. The highest BCUT2D eigenvalue weighted by atomic mass is 32.1. The lowest BCUT2D eigenvalue weighted by atomic mass is 9.96. The largest absolute Gasteiger partial charge is 0.360 e. The summed E-state index contributed by atoms with van der Waals surface area (Å²) >= 11 is 1.71. The van der Waals surface area contributed by atoms with Crippen LogP contribution < -0.4 is 10.2 Å². The van der Waals surface area contributed by atoms with Crippen molar-refractivity contribution in [1.29, 1.82) is 0 Å². The van der Waals surface area contributed by atoms with Crippen LogP contribution in [0.1, 0.15) is 50.4 Å². The number of hydrogen-bond donors (Lipinski definition) is 1. The van der Waals surface area contributed by atoms with Crippen LogP contribution in [0.4, 0.5) is 10.9 Å². The lowest BCUT2D eigenvalue weighted by Crippen LogP contribution is -2.50. The Morgan fingerprint density at radius 2 is 1.93 bits per heavy atom. The number of fused-ring (bicyclic) bond motifs is 1. The van der Waals surface area contributed by atoms with E-state index in [0.29, 0.717) is 11.8 Å². The minimum atomic E-state index is -0.0898. The first-order valence-corrected chi connectivity index (χ1v) is 10.3. The first kappa shape index (κ1) is 16.9. The minimum absolute atomic E-state index is 0.0898. The molecule has 0 spiro atoms. The molecule has 1 aliphatic heterocycles. The molecule has 8 nitrogen and oxygen atoms in total. The van der Waals surface area contributed by atoms with E-state index in [9.17, 15) is 0 Å². The Bertz CT molecular complexity index is 961. The van der Waals surface area contributed by atoms with Gasteiger partial charge in [-0.15, -0.1) is 25.5 Å². The average Bonchev–Trinajstić information content (AvgIpc) is 3.16. The van der Waals surface area contributed by atoms with Gasteiger partial charge in [0.1, 0.15) is 10.8 Å². The van der Waals surface area contributed by atoms with Gasteiger partial charge in [-0.1, -0.05) is 32.1 Å². The van der Waals surface area contributed by atoms with Crippen LogP contribution in [0.3, 0.4) is 0 Å². The Morgan fingerprint density at radius 1 is 1.11 bits per heavy atom. The van der Waals surface area contributed by atoms with E-state index >= 15 is 0 Å². The van der Waals surface area contributed by atoms with Crippen molar-refractivity contribution in [3.63, 3.8) is 0 Å². The standard InChI is InChI=1S/C18H24N8S/c1-18(2,3)16-22-20-13-6-7-14(24-26(13)16)25-9-11(10-25)8-19-17-23-21-15(27-17)12-4-5-12/h6-7,11-12H,4-5,8-10H2,1-3H3,(H,19,23). The van der Waals surface area contributed by atoms with E-state index in [0.717, 1.165) is 42.1 Å². The Morgan fingerprint density at radius 3 is 2.67 bits per heavy atom. The molecule has 2 fully saturated rings. The summed E-state index contributed by atoms with van der Waals surface area (Å²) in [5.41, 5.74) is 0.707. The number of rotatable bonds is 5. The Labute approximate surface area is 162 Å². The fourth-order valence-corrected chi connectivity index (χ4v) is 4.25. The first-order valence-electron chi connectivity index (χ1n) is 9.52. The highest BCUT2D eigenvalue weighted by Crippen LogP contribution is 2.42. The second-order valence-electron chi connectivity index (χ2n) is 8.61. The quantitative estimate of drug-likeness (QED) is 0.724. The molecule has 5 rings (SSSR count). The van der Waals surface area contributed by atoms with Gasteiger partial charge < -0.3 is 10.2 Å². The molecule has 0 amide bonds. The van der Waals surface area contributed by atoms with Crippen molar-refractivity contribution in [2.45, 2.75) is 44.9 Å². The van der Waals surface area contributed by atoms with Crippen LogP contribution in [0.2, 0.25) is 0 Å². The van der Waals surface area contributed by atoms with E-state index in [1.54, 1.807) is 11.3 Å². The Balaban J connectivity index is 1.21. The molecule has 1 saturated carbocycles. The normalized spacial score (nSPS) is 18.1. The monoisotopic (exact) mass is 384 g/mol. The van der Waals surface area contributed by atoms with E-state index in [1.807, 2.05) is 16.6 Å². The first-order chi connectivity index (χ1) is 13.0. The number of aromatic nitrogens is 6. The van der Waals surface area contributed by atoms with Crippen LogP contribution in [0.15, 0.2) is 12.1 Å². The highest BCUT2D eigenvalue weighted by Gasteiger charge is 2.30. The molecule has 0 radical (unpaired) electrons. The van der Waals surface area contributed by atoms with Gasteiger partial charge in [0.15, 0.2) is 11.5 Å². The fourth-order valence-electron chi connectivity index (χ4n) is 3.33. The summed E-state index contributed by atoms with van der Waals surface area (Å²) in [5, 5.41) is 27.5. The van der Waals surface area contributed by atoms with Gasteiger partial charge in [0, 0.05) is 36.9 Å². The molecule has 142 valence electrons. The van der Waals surface area contributed by atoms with E-state index < -0.39 is 0 Å². The van der Waals surface area contributed by atoms with Crippen LogP contribution in [-0.4, -0.2) is 49.6 Å². The molecule has 27 heavy (non-hydrogen) atoms. The zero-order chi connectivity index (χ0) is 18.6. The third kappa shape index (κ3) is 3.24. The van der Waals surface area contributed by atoms with Crippen molar-refractivity contribution >= 4 is 27.9 Å². The number of anilines is 2. The average molecular weight is 385 g/mol. The lowest BCUT2D eigenvalue weighted by Gasteiger charge is -2.40. The molecule has 0 unspecified atom stereocenters.